The van der Waals surface area contributed by atoms with Crippen LogP contribution in [0.4, 0.5) is 0 Å². The molecule has 3 unspecified atom stereocenters. The monoisotopic (exact) mass is 285 g/mol. The van der Waals surface area contributed by atoms with Gasteiger partial charge in [-0.1, -0.05) is 6.92 Å². The van der Waals surface area contributed by atoms with Crippen LogP contribution >= 0.6 is 24.8 Å². The van der Waals surface area contributed by atoms with Gasteiger partial charge in [0.25, 0.3) is 0 Å². The second-order valence-corrected chi connectivity index (χ2v) is 4.70. The van der Waals surface area contributed by atoms with Gasteiger partial charge in [-0.25, -0.2) is 0 Å². The fraction of sp³-hybridized carbons (Fsp3) is 0.909. The average molecular weight is 286 g/mol. The lowest BCUT2D eigenvalue weighted by Gasteiger charge is -2.35. The van der Waals surface area contributed by atoms with E-state index in [1.165, 1.54) is 0 Å². The molecule has 6 heteroatoms. The van der Waals surface area contributed by atoms with Crippen LogP contribution in [0.1, 0.15) is 26.7 Å². The molecule has 0 saturated carbocycles. The van der Waals surface area contributed by atoms with Gasteiger partial charge in [-0.2, -0.15) is 0 Å². The van der Waals surface area contributed by atoms with Gasteiger partial charge in [0.05, 0.1) is 0 Å². The van der Waals surface area contributed by atoms with Crippen LogP contribution in [0.25, 0.3) is 0 Å². The standard InChI is InChI=1S/C11H23N3O.2ClH/c1-8(7-12)11(15)13-10-4-5-14(3)9(2)6-10;;/h8-10H,4-7,12H2,1-3H3,(H,13,15);2*1H. The summed E-state index contributed by atoms with van der Waals surface area (Å²) >= 11 is 0. The third-order valence-electron chi connectivity index (χ3n) is 3.36. The summed E-state index contributed by atoms with van der Waals surface area (Å²) in [6, 6.07) is 0.884. The summed E-state index contributed by atoms with van der Waals surface area (Å²) in [6.45, 7) is 5.55. The molecule has 0 spiro atoms. The van der Waals surface area contributed by atoms with Crippen molar-refractivity contribution >= 4 is 30.7 Å². The highest BCUT2D eigenvalue weighted by atomic mass is 35.5. The van der Waals surface area contributed by atoms with Crippen LogP contribution in [0.3, 0.4) is 0 Å². The summed E-state index contributed by atoms with van der Waals surface area (Å²) in [7, 11) is 2.13. The van der Waals surface area contributed by atoms with Crippen LogP contribution in [-0.4, -0.2) is 43.0 Å². The molecule has 1 amide bonds. The van der Waals surface area contributed by atoms with Crippen molar-refractivity contribution in [3.8, 4) is 0 Å². The zero-order valence-corrected chi connectivity index (χ0v) is 12.4. The number of carbonyl (C=O) groups is 1. The topological polar surface area (TPSA) is 58.4 Å². The Hall–Kier alpha value is -0.0300. The minimum Gasteiger partial charge on any atom is -0.353 e. The van der Waals surface area contributed by atoms with E-state index in [-0.39, 0.29) is 36.6 Å². The zero-order valence-electron chi connectivity index (χ0n) is 10.8. The van der Waals surface area contributed by atoms with Gasteiger partial charge < -0.3 is 16.0 Å². The van der Waals surface area contributed by atoms with E-state index in [9.17, 15) is 4.79 Å². The quantitative estimate of drug-likeness (QED) is 0.814. The van der Waals surface area contributed by atoms with Crippen LogP contribution in [0.15, 0.2) is 0 Å². The second-order valence-electron chi connectivity index (χ2n) is 4.70. The normalized spacial score (nSPS) is 26.4. The number of halogens is 2. The minimum absolute atomic E-state index is 0. The molecule has 0 aromatic rings. The maximum Gasteiger partial charge on any atom is 0.224 e. The molecule has 0 radical (unpaired) electrons. The van der Waals surface area contributed by atoms with Crippen molar-refractivity contribution in [1.29, 1.82) is 0 Å². The number of likely N-dealkylation sites (tertiary alicyclic amines) is 1. The van der Waals surface area contributed by atoms with Gasteiger partial charge in [0.15, 0.2) is 0 Å². The molecule has 1 heterocycles. The number of nitrogens with zero attached hydrogens (tertiary/aromatic N) is 1. The Morgan fingerprint density at radius 1 is 1.53 bits per heavy atom. The average Bonchev–Trinajstić information content (AvgIpc) is 2.22. The highest BCUT2D eigenvalue weighted by molar-refractivity contribution is 5.85. The Morgan fingerprint density at radius 3 is 2.59 bits per heavy atom. The van der Waals surface area contributed by atoms with Crippen LogP contribution < -0.4 is 11.1 Å². The molecular weight excluding hydrogens is 261 g/mol. The number of rotatable bonds is 3. The molecule has 0 aromatic carbocycles. The first-order valence-corrected chi connectivity index (χ1v) is 5.75. The number of amides is 1. The van der Waals surface area contributed by atoms with Crippen LogP contribution in [-0.2, 0) is 4.79 Å². The van der Waals surface area contributed by atoms with E-state index in [0.717, 1.165) is 19.4 Å². The highest BCUT2D eigenvalue weighted by Gasteiger charge is 2.24. The zero-order chi connectivity index (χ0) is 11.4. The fourth-order valence-corrected chi connectivity index (χ4v) is 1.87. The number of hydrogen-bond acceptors (Lipinski definition) is 3. The molecule has 0 aliphatic carbocycles. The van der Waals surface area contributed by atoms with E-state index >= 15 is 0 Å². The largest absolute Gasteiger partial charge is 0.353 e. The summed E-state index contributed by atoms with van der Waals surface area (Å²) < 4.78 is 0. The van der Waals surface area contributed by atoms with Gasteiger partial charge in [0.2, 0.25) is 5.91 Å². The molecule has 17 heavy (non-hydrogen) atoms. The SMILES string of the molecule is CC(CN)C(=O)NC1CCN(C)C(C)C1.Cl.Cl. The fourth-order valence-electron chi connectivity index (χ4n) is 1.87. The molecular formula is C11H25Cl2N3O. The van der Waals surface area contributed by atoms with Crippen molar-refractivity contribution in [1.82, 2.24) is 10.2 Å². The van der Waals surface area contributed by atoms with Crippen molar-refractivity contribution in [3.63, 3.8) is 0 Å². The van der Waals surface area contributed by atoms with E-state index in [4.69, 9.17) is 5.73 Å². The molecule has 4 nitrogen and oxygen atoms in total. The van der Waals surface area contributed by atoms with Gasteiger partial charge in [0.1, 0.15) is 0 Å². The maximum absolute atomic E-state index is 11.6. The molecule has 1 aliphatic rings. The molecule has 1 fully saturated rings. The van der Waals surface area contributed by atoms with E-state index < -0.39 is 0 Å². The van der Waals surface area contributed by atoms with Crippen molar-refractivity contribution in [3.05, 3.63) is 0 Å². The first-order valence-electron chi connectivity index (χ1n) is 5.75. The van der Waals surface area contributed by atoms with Crippen molar-refractivity contribution in [2.75, 3.05) is 20.1 Å². The minimum atomic E-state index is -0.0695. The number of carbonyl (C=O) groups excluding carboxylic acids is 1. The Bertz CT molecular complexity index is 229. The Balaban J connectivity index is 0. The van der Waals surface area contributed by atoms with Crippen molar-refractivity contribution in [2.24, 2.45) is 11.7 Å². The summed E-state index contributed by atoms with van der Waals surface area (Å²) in [5, 5.41) is 3.07. The van der Waals surface area contributed by atoms with E-state index in [0.29, 0.717) is 18.6 Å². The van der Waals surface area contributed by atoms with Crippen LogP contribution in [0, 0.1) is 5.92 Å². The van der Waals surface area contributed by atoms with Gasteiger partial charge in [-0.3, -0.25) is 4.79 Å². The third-order valence-corrected chi connectivity index (χ3v) is 3.36. The van der Waals surface area contributed by atoms with Gasteiger partial charge in [-0.15, -0.1) is 24.8 Å². The van der Waals surface area contributed by atoms with E-state index in [1.807, 2.05) is 6.92 Å². The lowest BCUT2D eigenvalue weighted by atomic mass is 9.98. The van der Waals surface area contributed by atoms with Crippen LogP contribution in [0.2, 0.25) is 0 Å². The van der Waals surface area contributed by atoms with Crippen molar-refractivity contribution < 1.29 is 4.79 Å². The Labute approximate surface area is 117 Å². The number of piperidine rings is 1. The first kappa shape index (κ1) is 19.3. The summed E-state index contributed by atoms with van der Waals surface area (Å²) in [5.74, 6) is 0.0271. The summed E-state index contributed by atoms with van der Waals surface area (Å²) in [4.78, 5) is 14.0. The third kappa shape index (κ3) is 5.91. The molecule has 0 bridgehead atoms. The van der Waals surface area contributed by atoms with Gasteiger partial charge in [0, 0.05) is 31.1 Å². The number of nitrogens with two attached hydrogens (primary N) is 1. The lowest BCUT2D eigenvalue weighted by Crippen LogP contribution is -2.49. The maximum atomic E-state index is 11.6. The van der Waals surface area contributed by atoms with E-state index in [2.05, 4.69) is 24.2 Å². The molecule has 3 N–H and O–H groups in total. The molecule has 1 rings (SSSR count). The molecule has 104 valence electrons. The smallest absolute Gasteiger partial charge is 0.224 e. The predicted molar refractivity (Wildman–Crippen MR) is 76.0 cm³/mol. The molecule has 1 saturated heterocycles. The summed E-state index contributed by atoms with van der Waals surface area (Å²) in [6.07, 6.45) is 2.09. The Kier molecular flexibility index (Phi) is 10.2. The number of nitrogens with one attached hydrogen (secondary N) is 1. The van der Waals surface area contributed by atoms with Crippen molar-refractivity contribution in [2.45, 2.75) is 38.8 Å². The molecule has 0 aromatic heterocycles. The van der Waals surface area contributed by atoms with Crippen LogP contribution in [0.5, 0.6) is 0 Å². The highest BCUT2D eigenvalue weighted by Crippen LogP contribution is 2.15. The Morgan fingerprint density at radius 2 is 2.12 bits per heavy atom. The van der Waals surface area contributed by atoms with Gasteiger partial charge >= 0.3 is 0 Å². The molecule has 3 atom stereocenters. The second kappa shape index (κ2) is 8.97. The van der Waals surface area contributed by atoms with E-state index in [1.54, 1.807) is 0 Å². The van der Waals surface area contributed by atoms with Gasteiger partial charge in [-0.05, 0) is 26.8 Å². The summed E-state index contributed by atoms with van der Waals surface area (Å²) in [5.41, 5.74) is 5.46. The molecule has 1 aliphatic heterocycles. The lowest BCUT2D eigenvalue weighted by molar-refractivity contribution is -0.125. The first-order chi connectivity index (χ1) is 7.04. The number of hydrogen-bond donors (Lipinski definition) is 2. The predicted octanol–water partition coefficient (Wildman–Crippen LogP) is 1.02.